The SMILES string of the molecule is Cc1cc(NCC2CCCO2)nc(Nc2ccccc2)n1. The fourth-order valence-corrected chi connectivity index (χ4v) is 2.39. The van der Waals surface area contributed by atoms with Crippen molar-refractivity contribution in [2.24, 2.45) is 0 Å². The summed E-state index contributed by atoms with van der Waals surface area (Å²) in [7, 11) is 0. The molecule has 110 valence electrons. The third-order valence-electron chi connectivity index (χ3n) is 3.42. The molecule has 3 rings (SSSR count). The van der Waals surface area contributed by atoms with E-state index in [0.29, 0.717) is 12.1 Å². The number of ether oxygens (including phenoxy) is 1. The zero-order chi connectivity index (χ0) is 14.5. The zero-order valence-electron chi connectivity index (χ0n) is 12.2. The number of hydrogen-bond acceptors (Lipinski definition) is 5. The lowest BCUT2D eigenvalue weighted by atomic mass is 10.2. The molecule has 0 saturated carbocycles. The van der Waals surface area contributed by atoms with E-state index in [9.17, 15) is 0 Å². The van der Waals surface area contributed by atoms with Gasteiger partial charge in [-0.1, -0.05) is 18.2 Å². The molecule has 21 heavy (non-hydrogen) atoms. The lowest BCUT2D eigenvalue weighted by Gasteiger charge is -2.13. The van der Waals surface area contributed by atoms with Crippen LogP contribution in [0.15, 0.2) is 36.4 Å². The van der Waals surface area contributed by atoms with Crippen molar-refractivity contribution < 1.29 is 4.74 Å². The van der Waals surface area contributed by atoms with Crippen molar-refractivity contribution in [3.05, 3.63) is 42.1 Å². The van der Waals surface area contributed by atoms with Crippen LogP contribution in [0.3, 0.4) is 0 Å². The van der Waals surface area contributed by atoms with Crippen molar-refractivity contribution in [3.63, 3.8) is 0 Å². The second-order valence-electron chi connectivity index (χ2n) is 5.23. The van der Waals surface area contributed by atoms with Gasteiger partial charge in [0.2, 0.25) is 5.95 Å². The Hall–Kier alpha value is -2.14. The monoisotopic (exact) mass is 284 g/mol. The molecule has 1 saturated heterocycles. The van der Waals surface area contributed by atoms with E-state index in [4.69, 9.17) is 4.74 Å². The number of aromatic nitrogens is 2. The van der Waals surface area contributed by atoms with E-state index in [2.05, 4.69) is 20.6 Å². The minimum atomic E-state index is 0.297. The molecule has 0 aliphatic carbocycles. The topological polar surface area (TPSA) is 59.1 Å². The molecule has 0 radical (unpaired) electrons. The number of benzene rings is 1. The molecule has 0 spiro atoms. The Bertz CT molecular complexity index is 582. The molecule has 1 aromatic carbocycles. The predicted octanol–water partition coefficient (Wildman–Crippen LogP) is 3.12. The summed E-state index contributed by atoms with van der Waals surface area (Å²) in [6, 6.07) is 11.9. The van der Waals surface area contributed by atoms with Gasteiger partial charge >= 0.3 is 0 Å². The molecule has 2 heterocycles. The lowest BCUT2D eigenvalue weighted by Crippen LogP contribution is -2.19. The molecule has 0 bridgehead atoms. The average molecular weight is 284 g/mol. The van der Waals surface area contributed by atoms with Crippen molar-refractivity contribution in [2.45, 2.75) is 25.9 Å². The average Bonchev–Trinajstić information content (AvgIpc) is 2.99. The smallest absolute Gasteiger partial charge is 0.229 e. The standard InChI is InChI=1S/C16H20N4O/c1-12-10-15(17-11-14-8-5-9-21-14)20-16(18-12)19-13-6-3-2-4-7-13/h2-4,6-7,10,14H,5,8-9,11H2,1H3,(H2,17,18,19,20). The summed E-state index contributed by atoms with van der Waals surface area (Å²) in [5, 5.41) is 6.56. The van der Waals surface area contributed by atoms with Gasteiger partial charge in [-0.15, -0.1) is 0 Å². The van der Waals surface area contributed by atoms with Crippen molar-refractivity contribution in [1.82, 2.24) is 9.97 Å². The van der Waals surface area contributed by atoms with Crippen LogP contribution in [0.5, 0.6) is 0 Å². The van der Waals surface area contributed by atoms with E-state index in [1.54, 1.807) is 0 Å². The third-order valence-corrected chi connectivity index (χ3v) is 3.42. The first kappa shape index (κ1) is 13.8. The lowest BCUT2D eigenvalue weighted by molar-refractivity contribution is 0.120. The Morgan fingerprint density at radius 1 is 1.24 bits per heavy atom. The van der Waals surface area contributed by atoms with Gasteiger partial charge in [-0.05, 0) is 31.9 Å². The second kappa shape index (κ2) is 6.54. The highest BCUT2D eigenvalue weighted by atomic mass is 16.5. The highest BCUT2D eigenvalue weighted by Gasteiger charge is 2.15. The molecule has 0 amide bonds. The molecule has 5 heteroatoms. The molecule has 1 unspecified atom stereocenters. The molecular weight excluding hydrogens is 264 g/mol. The highest BCUT2D eigenvalue weighted by molar-refractivity contribution is 5.54. The van der Waals surface area contributed by atoms with Crippen LogP contribution in [-0.2, 0) is 4.74 Å². The van der Waals surface area contributed by atoms with Gasteiger partial charge in [0, 0.05) is 30.6 Å². The van der Waals surface area contributed by atoms with Crippen LogP contribution in [-0.4, -0.2) is 29.2 Å². The first-order valence-electron chi connectivity index (χ1n) is 7.33. The summed E-state index contributed by atoms with van der Waals surface area (Å²) in [6.07, 6.45) is 2.56. The summed E-state index contributed by atoms with van der Waals surface area (Å²) >= 11 is 0. The summed E-state index contributed by atoms with van der Waals surface area (Å²) < 4.78 is 5.61. The fourth-order valence-electron chi connectivity index (χ4n) is 2.39. The summed E-state index contributed by atoms with van der Waals surface area (Å²) in [6.45, 7) is 3.63. The number of nitrogens with zero attached hydrogens (tertiary/aromatic N) is 2. The van der Waals surface area contributed by atoms with Crippen LogP contribution in [0.2, 0.25) is 0 Å². The Morgan fingerprint density at radius 2 is 2.10 bits per heavy atom. The number of rotatable bonds is 5. The first-order valence-corrected chi connectivity index (χ1v) is 7.33. The van der Waals surface area contributed by atoms with Crippen LogP contribution in [0, 0.1) is 6.92 Å². The van der Waals surface area contributed by atoms with Gasteiger partial charge < -0.3 is 15.4 Å². The van der Waals surface area contributed by atoms with Crippen molar-refractivity contribution >= 4 is 17.5 Å². The minimum Gasteiger partial charge on any atom is -0.376 e. The summed E-state index contributed by atoms with van der Waals surface area (Å²) in [4.78, 5) is 8.92. The van der Waals surface area contributed by atoms with Gasteiger partial charge in [0.05, 0.1) is 6.10 Å². The van der Waals surface area contributed by atoms with Crippen LogP contribution in [0.25, 0.3) is 0 Å². The minimum absolute atomic E-state index is 0.297. The maximum absolute atomic E-state index is 5.61. The van der Waals surface area contributed by atoms with Crippen LogP contribution in [0.4, 0.5) is 17.5 Å². The van der Waals surface area contributed by atoms with E-state index in [1.165, 1.54) is 0 Å². The molecule has 2 aromatic rings. The Labute approximate surface area is 124 Å². The van der Waals surface area contributed by atoms with Gasteiger partial charge in [0.1, 0.15) is 5.82 Å². The van der Waals surface area contributed by atoms with Crippen molar-refractivity contribution in [1.29, 1.82) is 0 Å². The molecule has 1 aromatic heterocycles. The number of para-hydroxylation sites is 1. The van der Waals surface area contributed by atoms with Gasteiger partial charge in [0.25, 0.3) is 0 Å². The summed E-state index contributed by atoms with van der Waals surface area (Å²) in [5.74, 6) is 1.44. The van der Waals surface area contributed by atoms with E-state index in [0.717, 1.165) is 43.2 Å². The molecule has 5 nitrogen and oxygen atoms in total. The number of anilines is 3. The maximum Gasteiger partial charge on any atom is 0.229 e. The van der Waals surface area contributed by atoms with Gasteiger partial charge in [0.15, 0.2) is 0 Å². The Balaban J connectivity index is 1.67. The molecular formula is C16H20N4O. The second-order valence-corrected chi connectivity index (χ2v) is 5.23. The number of nitrogens with one attached hydrogen (secondary N) is 2. The van der Waals surface area contributed by atoms with Crippen molar-refractivity contribution in [3.8, 4) is 0 Å². The molecule has 1 aliphatic heterocycles. The van der Waals surface area contributed by atoms with E-state index in [1.807, 2.05) is 43.3 Å². The van der Waals surface area contributed by atoms with Crippen LogP contribution < -0.4 is 10.6 Å². The van der Waals surface area contributed by atoms with E-state index in [-0.39, 0.29) is 0 Å². The Kier molecular flexibility index (Phi) is 4.31. The van der Waals surface area contributed by atoms with Crippen molar-refractivity contribution in [2.75, 3.05) is 23.8 Å². The zero-order valence-corrected chi connectivity index (χ0v) is 12.2. The van der Waals surface area contributed by atoms with E-state index >= 15 is 0 Å². The Morgan fingerprint density at radius 3 is 2.86 bits per heavy atom. The fraction of sp³-hybridized carbons (Fsp3) is 0.375. The molecule has 2 N–H and O–H groups in total. The molecule has 1 atom stereocenters. The quantitative estimate of drug-likeness (QED) is 0.883. The predicted molar refractivity (Wildman–Crippen MR) is 84.0 cm³/mol. The molecule has 1 fully saturated rings. The summed E-state index contributed by atoms with van der Waals surface area (Å²) in [5.41, 5.74) is 1.91. The first-order chi connectivity index (χ1) is 10.3. The van der Waals surface area contributed by atoms with E-state index < -0.39 is 0 Å². The normalized spacial score (nSPS) is 17.7. The molecule has 1 aliphatic rings. The van der Waals surface area contributed by atoms with Gasteiger partial charge in [-0.2, -0.15) is 4.98 Å². The maximum atomic E-state index is 5.61. The largest absolute Gasteiger partial charge is 0.376 e. The van der Waals surface area contributed by atoms with Gasteiger partial charge in [-0.25, -0.2) is 4.98 Å². The number of aryl methyl sites for hydroxylation is 1. The van der Waals surface area contributed by atoms with Gasteiger partial charge in [-0.3, -0.25) is 0 Å². The van der Waals surface area contributed by atoms with Crippen LogP contribution >= 0.6 is 0 Å². The number of hydrogen-bond donors (Lipinski definition) is 2. The highest BCUT2D eigenvalue weighted by Crippen LogP contribution is 2.17. The third kappa shape index (κ3) is 3.92. The van der Waals surface area contributed by atoms with Crippen LogP contribution in [0.1, 0.15) is 18.5 Å².